The maximum atomic E-state index is 12.7. The molecule has 0 aliphatic heterocycles. The fraction of sp³-hybridized carbons (Fsp3) is 0.167. The zero-order chi connectivity index (χ0) is 11.1. The molecule has 0 unspecified atom stereocenters. The Labute approximate surface area is 88.6 Å². The predicted molar refractivity (Wildman–Crippen MR) is 50.4 cm³/mol. The van der Waals surface area contributed by atoms with E-state index in [9.17, 15) is 12.3 Å². The van der Waals surface area contributed by atoms with E-state index in [-0.39, 0.29) is 5.82 Å². The lowest BCUT2D eigenvalue weighted by Crippen LogP contribution is -2.03. The highest BCUT2D eigenvalue weighted by Crippen LogP contribution is 2.19. The molecule has 0 amide bonds. The molecule has 2 aromatic rings. The number of aromatic nitrogens is 4. The van der Waals surface area contributed by atoms with E-state index in [0.717, 1.165) is 4.57 Å². The van der Waals surface area contributed by atoms with Crippen LogP contribution in [-0.4, -0.2) is 28.2 Å². The van der Waals surface area contributed by atoms with Crippen LogP contribution >= 0.6 is 11.3 Å². The lowest BCUT2D eigenvalue weighted by molar-refractivity contribution is 0.534. The average molecular weight is 248 g/mol. The molecule has 15 heavy (non-hydrogen) atoms. The molecule has 0 spiro atoms. The van der Waals surface area contributed by atoms with Crippen LogP contribution in [0.5, 0.6) is 0 Å². The van der Waals surface area contributed by atoms with Crippen molar-refractivity contribution in [1.29, 1.82) is 0 Å². The van der Waals surface area contributed by atoms with Gasteiger partial charge in [-0.3, -0.25) is 4.57 Å². The van der Waals surface area contributed by atoms with E-state index < -0.39 is 15.4 Å². The summed E-state index contributed by atoms with van der Waals surface area (Å²) >= 11 is 1.32. The van der Waals surface area contributed by atoms with Crippen molar-refractivity contribution in [3.63, 3.8) is 0 Å². The smallest absolute Gasteiger partial charge is 0.297 e. The minimum absolute atomic E-state index is 0.215. The van der Waals surface area contributed by atoms with Crippen molar-refractivity contribution in [2.45, 2.75) is 5.16 Å². The maximum Gasteiger partial charge on any atom is 0.368 e. The molecule has 0 aromatic carbocycles. The van der Waals surface area contributed by atoms with E-state index in [1.807, 2.05) is 0 Å². The number of hydrogen-bond donors (Lipinski definition) is 0. The molecule has 0 saturated carbocycles. The summed E-state index contributed by atoms with van der Waals surface area (Å²) in [5, 5.41) is 7.77. The number of rotatable bonds is 2. The van der Waals surface area contributed by atoms with Crippen LogP contribution in [-0.2, 0) is 17.3 Å². The Bertz CT molecular complexity index is 574. The summed E-state index contributed by atoms with van der Waals surface area (Å²) in [6.45, 7) is 0. The van der Waals surface area contributed by atoms with Crippen LogP contribution in [0.2, 0.25) is 0 Å². The Balaban J connectivity index is 2.60. The molecule has 9 heteroatoms. The summed E-state index contributed by atoms with van der Waals surface area (Å²) in [6.07, 6.45) is 0. The summed E-state index contributed by atoms with van der Waals surface area (Å²) in [4.78, 5) is 3.92. The van der Waals surface area contributed by atoms with E-state index in [1.165, 1.54) is 18.4 Å². The number of thiazole rings is 1. The van der Waals surface area contributed by atoms with Gasteiger partial charge >= 0.3 is 10.2 Å². The van der Waals surface area contributed by atoms with Gasteiger partial charge in [0.15, 0.2) is 5.82 Å². The van der Waals surface area contributed by atoms with Crippen LogP contribution in [0.15, 0.2) is 16.0 Å². The first-order chi connectivity index (χ1) is 7.00. The van der Waals surface area contributed by atoms with Crippen molar-refractivity contribution >= 4 is 21.6 Å². The standard InChI is InChI=1S/C6H5FN4O2S2/c1-11-5(4-2-14-3-8-4)9-10-6(11)15(7,12)13/h2-3H,1H3. The molecule has 0 aliphatic carbocycles. The molecule has 0 saturated heterocycles. The number of hydrogen-bond acceptors (Lipinski definition) is 6. The first kappa shape index (κ1) is 10.2. The first-order valence-electron chi connectivity index (χ1n) is 3.73. The number of halogens is 1. The Kier molecular flexibility index (Phi) is 2.27. The molecule has 0 aliphatic rings. The Morgan fingerprint density at radius 1 is 1.47 bits per heavy atom. The van der Waals surface area contributed by atoms with E-state index in [0.29, 0.717) is 5.69 Å². The van der Waals surface area contributed by atoms with Crippen molar-refractivity contribution in [2.24, 2.45) is 7.05 Å². The summed E-state index contributed by atoms with van der Waals surface area (Å²) in [5.41, 5.74) is 2.03. The van der Waals surface area contributed by atoms with Gasteiger partial charge in [-0.15, -0.1) is 21.5 Å². The van der Waals surface area contributed by atoms with E-state index in [4.69, 9.17) is 0 Å². The molecule has 6 nitrogen and oxygen atoms in total. The predicted octanol–water partition coefficient (Wildman–Crippen LogP) is 0.597. The number of nitrogens with zero attached hydrogens (tertiary/aromatic N) is 4. The third kappa shape index (κ3) is 1.75. The third-order valence-electron chi connectivity index (χ3n) is 1.71. The fourth-order valence-electron chi connectivity index (χ4n) is 1.07. The Morgan fingerprint density at radius 2 is 2.20 bits per heavy atom. The van der Waals surface area contributed by atoms with Gasteiger partial charge in [0.1, 0.15) is 5.69 Å². The Hall–Kier alpha value is -1.35. The molecule has 0 fully saturated rings. The summed E-state index contributed by atoms with van der Waals surface area (Å²) < 4.78 is 35.0. The highest BCUT2D eigenvalue weighted by molar-refractivity contribution is 7.86. The normalized spacial score (nSPS) is 11.9. The van der Waals surface area contributed by atoms with Crippen molar-refractivity contribution in [1.82, 2.24) is 19.7 Å². The van der Waals surface area contributed by atoms with Gasteiger partial charge in [0, 0.05) is 12.4 Å². The molecule has 0 bridgehead atoms. The second-order valence-electron chi connectivity index (χ2n) is 2.68. The van der Waals surface area contributed by atoms with Crippen LogP contribution in [0, 0.1) is 0 Å². The minimum atomic E-state index is -4.84. The zero-order valence-corrected chi connectivity index (χ0v) is 9.09. The summed E-state index contributed by atoms with van der Waals surface area (Å²) in [7, 11) is -3.48. The van der Waals surface area contributed by atoms with Crippen molar-refractivity contribution in [3.05, 3.63) is 10.9 Å². The lowest BCUT2D eigenvalue weighted by atomic mass is 10.5. The molecule has 0 N–H and O–H groups in total. The highest BCUT2D eigenvalue weighted by atomic mass is 32.3. The quantitative estimate of drug-likeness (QED) is 0.727. The van der Waals surface area contributed by atoms with Gasteiger partial charge in [0.05, 0.1) is 5.51 Å². The SMILES string of the molecule is Cn1c(-c2cscn2)nnc1S(=O)(=O)F. The van der Waals surface area contributed by atoms with E-state index in [1.54, 1.807) is 10.9 Å². The molecule has 80 valence electrons. The molecule has 0 atom stereocenters. The molecular weight excluding hydrogens is 243 g/mol. The molecular formula is C6H5FN4O2S2. The molecule has 0 radical (unpaired) electrons. The first-order valence-corrected chi connectivity index (χ1v) is 6.05. The van der Waals surface area contributed by atoms with Gasteiger partial charge in [-0.1, -0.05) is 3.89 Å². The third-order valence-corrected chi connectivity index (χ3v) is 3.09. The summed E-state index contributed by atoms with van der Waals surface area (Å²) in [5.74, 6) is 0.215. The van der Waals surface area contributed by atoms with Gasteiger partial charge in [-0.25, -0.2) is 4.98 Å². The van der Waals surface area contributed by atoms with Crippen LogP contribution in [0.3, 0.4) is 0 Å². The molecule has 2 heterocycles. The monoisotopic (exact) mass is 248 g/mol. The summed E-state index contributed by atoms with van der Waals surface area (Å²) in [6, 6.07) is 0. The Morgan fingerprint density at radius 3 is 2.67 bits per heavy atom. The van der Waals surface area contributed by atoms with Crippen LogP contribution in [0.4, 0.5) is 3.89 Å². The zero-order valence-electron chi connectivity index (χ0n) is 7.45. The minimum Gasteiger partial charge on any atom is -0.297 e. The van der Waals surface area contributed by atoms with Gasteiger partial charge in [-0.05, 0) is 0 Å². The fourth-order valence-corrected chi connectivity index (χ4v) is 2.16. The van der Waals surface area contributed by atoms with Gasteiger partial charge in [0.25, 0.3) is 5.16 Å². The molecule has 2 rings (SSSR count). The van der Waals surface area contributed by atoms with Crippen molar-refractivity contribution in [3.8, 4) is 11.5 Å². The van der Waals surface area contributed by atoms with Gasteiger partial charge in [-0.2, -0.15) is 8.42 Å². The van der Waals surface area contributed by atoms with Gasteiger partial charge < -0.3 is 0 Å². The topological polar surface area (TPSA) is 77.7 Å². The second kappa shape index (κ2) is 3.35. The lowest BCUT2D eigenvalue weighted by Gasteiger charge is -1.97. The van der Waals surface area contributed by atoms with Crippen LogP contribution < -0.4 is 0 Å². The van der Waals surface area contributed by atoms with Crippen molar-refractivity contribution < 1.29 is 12.3 Å². The maximum absolute atomic E-state index is 12.7. The van der Waals surface area contributed by atoms with E-state index in [2.05, 4.69) is 15.2 Å². The highest BCUT2D eigenvalue weighted by Gasteiger charge is 2.23. The second-order valence-corrected chi connectivity index (χ2v) is 4.64. The largest absolute Gasteiger partial charge is 0.368 e. The average Bonchev–Trinajstić information content (AvgIpc) is 2.69. The van der Waals surface area contributed by atoms with E-state index >= 15 is 0 Å². The van der Waals surface area contributed by atoms with Crippen LogP contribution in [0.25, 0.3) is 11.5 Å². The van der Waals surface area contributed by atoms with Gasteiger partial charge in [0.2, 0.25) is 0 Å². The van der Waals surface area contributed by atoms with Crippen molar-refractivity contribution in [2.75, 3.05) is 0 Å². The van der Waals surface area contributed by atoms with Crippen LogP contribution in [0.1, 0.15) is 0 Å². The molecule has 2 aromatic heterocycles.